The second-order valence-corrected chi connectivity index (χ2v) is 1.91. The van der Waals surface area contributed by atoms with Gasteiger partial charge in [0.1, 0.15) is 0 Å². The Labute approximate surface area is 48.7 Å². The van der Waals surface area contributed by atoms with Crippen molar-refractivity contribution in [2.75, 3.05) is 0 Å². The van der Waals surface area contributed by atoms with Crippen molar-refractivity contribution < 1.29 is 4.79 Å². The van der Waals surface area contributed by atoms with Crippen molar-refractivity contribution in [3.8, 4) is 0 Å². The molecule has 1 nitrogen and oxygen atoms in total. The van der Waals surface area contributed by atoms with Crippen molar-refractivity contribution in [1.82, 2.24) is 0 Å². The lowest BCUT2D eigenvalue weighted by Crippen LogP contribution is -1.80. The van der Waals surface area contributed by atoms with E-state index in [1.807, 2.05) is 0 Å². The van der Waals surface area contributed by atoms with Gasteiger partial charge >= 0.3 is 0 Å². The van der Waals surface area contributed by atoms with Gasteiger partial charge in [0.15, 0.2) is 5.78 Å². The highest BCUT2D eigenvalue weighted by atomic mass is 16.1. The Kier molecular flexibility index (Phi) is 1.29. The highest BCUT2D eigenvalue weighted by molar-refractivity contribution is 5.99. The van der Waals surface area contributed by atoms with Crippen LogP contribution >= 0.6 is 0 Å². The lowest BCUT2D eigenvalue weighted by atomic mass is 10.3. The van der Waals surface area contributed by atoms with E-state index in [1.54, 1.807) is 6.08 Å². The Hall–Kier alpha value is -0.850. The number of rotatable bonds is 2. The van der Waals surface area contributed by atoms with Crippen LogP contribution in [0.5, 0.6) is 0 Å². The van der Waals surface area contributed by atoms with Gasteiger partial charge in [-0.2, -0.15) is 0 Å². The third-order valence-corrected chi connectivity index (χ3v) is 1.09. The first-order valence-electron chi connectivity index (χ1n) is 2.69. The molecule has 0 unspecified atom stereocenters. The fraction of sp³-hybridized carbons (Fsp3) is 0.286. The zero-order chi connectivity index (χ0) is 5.98. The minimum Gasteiger partial charge on any atom is -0.290 e. The summed E-state index contributed by atoms with van der Waals surface area (Å²) >= 11 is 0. The molecule has 0 N–H and O–H groups in total. The van der Waals surface area contributed by atoms with Gasteiger partial charge in [-0.05, 0) is 25.0 Å². The van der Waals surface area contributed by atoms with Crippen LogP contribution in [0.3, 0.4) is 0 Å². The van der Waals surface area contributed by atoms with E-state index < -0.39 is 0 Å². The zero-order valence-electron chi connectivity index (χ0n) is 4.68. The normalized spacial score (nSPS) is 15.2. The Morgan fingerprint density at radius 2 is 2.25 bits per heavy atom. The summed E-state index contributed by atoms with van der Waals surface area (Å²) < 4.78 is 0. The summed E-state index contributed by atoms with van der Waals surface area (Å²) in [5.41, 5.74) is 1.26. The van der Waals surface area contributed by atoms with Crippen LogP contribution in [0.15, 0.2) is 24.3 Å². The van der Waals surface area contributed by atoms with E-state index in [2.05, 4.69) is 6.58 Å². The van der Waals surface area contributed by atoms with Gasteiger partial charge in [0.05, 0.1) is 0 Å². The molecule has 0 saturated heterocycles. The van der Waals surface area contributed by atoms with Crippen LogP contribution in [-0.4, -0.2) is 5.78 Å². The molecule has 0 aromatic heterocycles. The molecule has 0 heterocycles. The van der Waals surface area contributed by atoms with Gasteiger partial charge in [0, 0.05) is 0 Å². The van der Waals surface area contributed by atoms with Crippen LogP contribution in [0, 0.1) is 0 Å². The SMILES string of the molecule is C=CC(=O)C=C1CC1. The maximum absolute atomic E-state index is 10.5. The van der Waals surface area contributed by atoms with Gasteiger partial charge in [0.2, 0.25) is 0 Å². The molecule has 0 aromatic carbocycles. The van der Waals surface area contributed by atoms with E-state index in [9.17, 15) is 4.79 Å². The maximum Gasteiger partial charge on any atom is 0.178 e. The number of allylic oxidation sites excluding steroid dienone is 3. The molecule has 0 aliphatic heterocycles. The first-order valence-corrected chi connectivity index (χ1v) is 2.69. The number of hydrogen-bond donors (Lipinski definition) is 0. The number of carbonyl (C=O) groups is 1. The number of carbonyl (C=O) groups excluding carboxylic acids is 1. The number of hydrogen-bond acceptors (Lipinski definition) is 1. The Balaban J connectivity index is 2.48. The van der Waals surface area contributed by atoms with E-state index in [1.165, 1.54) is 11.6 Å². The molecule has 0 aromatic rings. The van der Waals surface area contributed by atoms with Crippen molar-refractivity contribution in [3.05, 3.63) is 24.3 Å². The summed E-state index contributed by atoms with van der Waals surface area (Å²) in [4.78, 5) is 10.5. The van der Waals surface area contributed by atoms with E-state index in [0.29, 0.717) is 0 Å². The lowest BCUT2D eigenvalue weighted by Gasteiger charge is -1.73. The standard InChI is InChI=1S/C7H8O/c1-2-7(8)5-6-3-4-6/h2,5H,1,3-4H2. The summed E-state index contributed by atoms with van der Waals surface area (Å²) in [6.45, 7) is 3.35. The molecule has 1 heteroatoms. The molecule has 8 heavy (non-hydrogen) atoms. The van der Waals surface area contributed by atoms with Crippen molar-refractivity contribution in [2.45, 2.75) is 12.8 Å². The van der Waals surface area contributed by atoms with E-state index in [0.717, 1.165) is 12.8 Å². The zero-order valence-corrected chi connectivity index (χ0v) is 4.68. The van der Waals surface area contributed by atoms with Gasteiger partial charge in [-0.3, -0.25) is 4.79 Å². The molecular weight excluding hydrogens is 100 g/mol. The molecule has 0 atom stereocenters. The molecular formula is C7H8O. The van der Waals surface area contributed by atoms with Gasteiger partial charge in [-0.15, -0.1) is 0 Å². The Bertz CT molecular complexity index is 148. The Morgan fingerprint density at radius 1 is 1.62 bits per heavy atom. The second kappa shape index (κ2) is 1.95. The van der Waals surface area contributed by atoms with E-state index in [4.69, 9.17) is 0 Å². The monoisotopic (exact) mass is 108 g/mol. The van der Waals surface area contributed by atoms with Gasteiger partial charge in [-0.1, -0.05) is 12.2 Å². The molecule has 0 radical (unpaired) electrons. The molecule has 1 rings (SSSR count). The first kappa shape index (κ1) is 5.29. The fourth-order valence-corrected chi connectivity index (χ4v) is 0.477. The van der Waals surface area contributed by atoms with E-state index in [-0.39, 0.29) is 5.78 Å². The minimum atomic E-state index is 0.0394. The lowest BCUT2D eigenvalue weighted by molar-refractivity contribution is -0.110. The van der Waals surface area contributed by atoms with Crippen LogP contribution in [0.4, 0.5) is 0 Å². The maximum atomic E-state index is 10.5. The van der Waals surface area contributed by atoms with Crippen molar-refractivity contribution in [3.63, 3.8) is 0 Å². The molecule has 0 bridgehead atoms. The molecule has 1 aliphatic rings. The second-order valence-electron chi connectivity index (χ2n) is 1.91. The summed E-state index contributed by atoms with van der Waals surface area (Å²) in [5, 5.41) is 0. The smallest absolute Gasteiger partial charge is 0.178 e. The van der Waals surface area contributed by atoms with Gasteiger partial charge in [0.25, 0.3) is 0 Å². The third kappa shape index (κ3) is 1.34. The summed E-state index contributed by atoms with van der Waals surface area (Å²) in [5.74, 6) is 0.0394. The van der Waals surface area contributed by atoms with Gasteiger partial charge in [-0.25, -0.2) is 0 Å². The number of ketones is 1. The topological polar surface area (TPSA) is 17.1 Å². The first-order chi connectivity index (χ1) is 3.83. The molecule has 1 fully saturated rings. The van der Waals surface area contributed by atoms with Crippen molar-refractivity contribution in [2.24, 2.45) is 0 Å². The van der Waals surface area contributed by atoms with Crippen LogP contribution < -0.4 is 0 Å². The largest absolute Gasteiger partial charge is 0.290 e. The Morgan fingerprint density at radius 3 is 2.62 bits per heavy atom. The highest BCUT2D eigenvalue weighted by Crippen LogP contribution is 2.27. The van der Waals surface area contributed by atoms with Crippen LogP contribution in [0.25, 0.3) is 0 Å². The summed E-state index contributed by atoms with van der Waals surface area (Å²) in [7, 11) is 0. The fourth-order valence-electron chi connectivity index (χ4n) is 0.477. The average molecular weight is 108 g/mol. The highest BCUT2D eigenvalue weighted by Gasteiger charge is 2.10. The van der Waals surface area contributed by atoms with Crippen LogP contribution in [0.2, 0.25) is 0 Å². The predicted octanol–water partition coefficient (Wildman–Crippen LogP) is 1.46. The molecule has 42 valence electrons. The van der Waals surface area contributed by atoms with Gasteiger partial charge < -0.3 is 0 Å². The van der Waals surface area contributed by atoms with Crippen LogP contribution in [-0.2, 0) is 4.79 Å². The molecule has 1 aliphatic carbocycles. The average Bonchev–Trinajstić information content (AvgIpc) is 2.50. The predicted molar refractivity (Wildman–Crippen MR) is 32.5 cm³/mol. The molecule has 0 amide bonds. The van der Waals surface area contributed by atoms with Crippen molar-refractivity contribution >= 4 is 5.78 Å². The third-order valence-electron chi connectivity index (χ3n) is 1.09. The quantitative estimate of drug-likeness (QED) is 0.489. The minimum absolute atomic E-state index is 0.0394. The summed E-state index contributed by atoms with van der Waals surface area (Å²) in [6, 6.07) is 0. The molecule has 1 saturated carbocycles. The summed E-state index contributed by atoms with van der Waals surface area (Å²) in [6.07, 6.45) is 5.22. The van der Waals surface area contributed by atoms with E-state index >= 15 is 0 Å². The molecule has 0 spiro atoms. The van der Waals surface area contributed by atoms with Crippen molar-refractivity contribution in [1.29, 1.82) is 0 Å². The van der Waals surface area contributed by atoms with Crippen LogP contribution in [0.1, 0.15) is 12.8 Å².